The molecule has 0 N–H and O–H groups in total. The number of carbonyl (C=O) groups is 2. The van der Waals surface area contributed by atoms with Crippen LogP contribution in [-0.2, 0) is 15.7 Å². The fourth-order valence-corrected chi connectivity index (χ4v) is 7.66. The van der Waals surface area contributed by atoms with Crippen LogP contribution in [0.4, 0.5) is 0 Å². The van der Waals surface area contributed by atoms with Crippen LogP contribution in [-0.4, -0.2) is 31.1 Å². The Morgan fingerprint density at radius 2 is 0.742 bits per heavy atom. The normalized spacial score (nSPS) is 11.5. The van der Waals surface area contributed by atoms with Crippen LogP contribution < -0.4 is 0 Å². The Hall–Kier alpha value is -0.261. The van der Waals surface area contributed by atoms with E-state index in [2.05, 4.69) is 13.8 Å². The second-order valence-electron chi connectivity index (χ2n) is 9.50. The molecule has 0 aromatic carbocycles. The van der Waals surface area contributed by atoms with Crippen molar-refractivity contribution >= 4 is 31.1 Å². The summed E-state index contributed by atoms with van der Waals surface area (Å²) in [5.74, 6) is -0.362. The molecule has 0 saturated heterocycles. The van der Waals surface area contributed by atoms with Crippen molar-refractivity contribution in [1.29, 1.82) is 0 Å². The topological polar surface area (TPSA) is 52.6 Å². The van der Waals surface area contributed by atoms with E-state index in [0.717, 1.165) is 25.7 Å². The monoisotopic (exact) mass is 548 g/mol. The maximum atomic E-state index is 12.1. The molecule has 31 heavy (non-hydrogen) atoms. The molecule has 0 atom stereocenters. The summed E-state index contributed by atoms with van der Waals surface area (Å²) in [7, 11) is 0. The molecular weight excluding hydrogens is 495 g/mol. The third-order valence-electron chi connectivity index (χ3n) is 5.69. The van der Waals surface area contributed by atoms with E-state index >= 15 is 0 Å². The second kappa shape index (κ2) is 21.6. The van der Waals surface area contributed by atoms with Gasteiger partial charge >= 0.3 is 185 Å². The third-order valence-corrected chi connectivity index (χ3v) is 9.79. The van der Waals surface area contributed by atoms with Crippen LogP contribution >= 0.6 is 0 Å². The molecule has 0 unspecified atom stereocenters. The Bertz CT molecular complexity index is 399. The number of hydrogen-bond donors (Lipinski definition) is 0. The van der Waals surface area contributed by atoms with Gasteiger partial charge in [0.05, 0.1) is 0 Å². The van der Waals surface area contributed by atoms with Gasteiger partial charge in [-0.3, -0.25) is 0 Å². The molecule has 0 radical (unpaired) electrons. The minimum absolute atomic E-state index is 0.181. The second-order valence-corrected chi connectivity index (χ2v) is 18.7. The van der Waals surface area contributed by atoms with Crippen molar-refractivity contribution in [3.05, 3.63) is 0 Å². The molecule has 0 amide bonds. The van der Waals surface area contributed by atoms with Crippen molar-refractivity contribution in [2.75, 3.05) is 0 Å². The Labute approximate surface area is 198 Å². The van der Waals surface area contributed by atoms with Crippen LogP contribution in [0.15, 0.2) is 0 Å². The fraction of sp³-hybridized carbons (Fsp3) is 0.923. The fourth-order valence-electron chi connectivity index (χ4n) is 3.83. The van der Waals surface area contributed by atoms with Gasteiger partial charge in [0.25, 0.3) is 0 Å². The standard InChI is InChI=1S/2C12H24O2.2CH3.Sn/c2*1-2-3-4-5-6-7-8-9-10-11-12(13)14;;;/h2*2-11H2,1H3,(H,13,14);2*1H3;/q;;;;+2/p-2. The van der Waals surface area contributed by atoms with Crippen molar-refractivity contribution in [2.24, 2.45) is 0 Å². The van der Waals surface area contributed by atoms with Gasteiger partial charge in [-0.15, -0.1) is 0 Å². The van der Waals surface area contributed by atoms with Gasteiger partial charge in [-0.05, 0) is 0 Å². The Balaban J connectivity index is 3.67. The molecule has 0 aromatic rings. The summed E-state index contributed by atoms with van der Waals surface area (Å²) in [5.41, 5.74) is 0. The van der Waals surface area contributed by atoms with Gasteiger partial charge in [-0.2, -0.15) is 0 Å². The molecular formula is C26H52O4Sn. The average molecular weight is 547 g/mol. The van der Waals surface area contributed by atoms with Gasteiger partial charge in [-0.1, -0.05) is 13.8 Å². The Morgan fingerprint density at radius 1 is 0.484 bits per heavy atom. The molecule has 0 aromatic heterocycles. The minimum atomic E-state index is -3.51. The summed E-state index contributed by atoms with van der Waals surface area (Å²) in [5, 5.41) is 0. The van der Waals surface area contributed by atoms with Crippen LogP contribution in [0.1, 0.15) is 142 Å². The van der Waals surface area contributed by atoms with Crippen molar-refractivity contribution in [3.63, 3.8) is 0 Å². The zero-order valence-electron chi connectivity index (χ0n) is 21.3. The summed E-state index contributed by atoms with van der Waals surface area (Å²) in [6, 6.07) is 0. The Kier molecular flexibility index (Phi) is 21.4. The third kappa shape index (κ3) is 22.7. The molecule has 0 saturated carbocycles. The van der Waals surface area contributed by atoms with Crippen molar-refractivity contribution < 1.29 is 15.7 Å². The predicted octanol–water partition coefficient (Wildman–Crippen LogP) is 8.62. The van der Waals surface area contributed by atoms with E-state index in [1.165, 1.54) is 89.9 Å². The maximum absolute atomic E-state index is 12.1. The van der Waals surface area contributed by atoms with Gasteiger partial charge in [0.15, 0.2) is 0 Å². The molecule has 0 fully saturated rings. The van der Waals surface area contributed by atoms with Crippen molar-refractivity contribution in [2.45, 2.75) is 152 Å². The number of unbranched alkanes of at least 4 members (excludes halogenated alkanes) is 16. The molecule has 0 bridgehead atoms. The van der Waals surface area contributed by atoms with E-state index in [-0.39, 0.29) is 11.9 Å². The van der Waals surface area contributed by atoms with Crippen molar-refractivity contribution in [1.82, 2.24) is 0 Å². The van der Waals surface area contributed by atoms with Gasteiger partial charge in [-0.25, -0.2) is 0 Å². The first-order chi connectivity index (χ1) is 14.9. The minimum Gasteiger partial charge on any atom is -0.0654 e. The first-order valence-corrected chi connectivity index (χ1v) is 21.4. The number of carbonyl (C=O) groups excluding carboxylic acids is 2. The predicted molar refractivity (Wildman–Crippen MR) is 133 cm³/mol. The molecule has 0 aliphatic carbocycles. The van der Waals surface area contributed by atoms with Crippen LogP contribution in [0.3, 0.4) is 0 Å². The van der Waals surface area contributed by atoms with Gasteiger partial charge < -0.3 is 0 Å². The van der Waals surface area contributed by atoms with E-state index < -0.39 is 19.2 Å². The zero-order chi connectivity index (χ0) is 23.2. The molecule has 5 heteroatoms. The first-order valence-electron chi connectivity index (χ1n) is 13.3. The van der Waals surface area contributed by atoms with Crippen LogP contribution in [0, 0.1) is 0 Å². The number of hydrogen-bond acceptors (Lipinski definition) is 4. The SMILES string of the molecule is CCCCCCCCCCCC(=O)[O][Sn]([CH3])([CH3])[O]C(=O)CCCCCCCCCCC. The molecule has 0 aliphatic rings. The molecule has 184 valence electrons. The van der Waals surface area contributed by atoms with Crippen LogP contribution in [0.5, 0.6) is 0 Å². The zero-order valence-corrected chi connectivity index (χ0v) is 24.1. The molecule has 0 rings (SSSR count). The summed E-state index contributed by atoms with van der Waals surface area (Å²) in [4.78, 5) is 27.9. The summed E-state index contributed by atoms with van der Waals surface area (Å²) < 4.78 is 11.2. The molecule has 0 spiro atoms. The van der Waals surface area contributed by atoms with Crippen LogP contribution in [0.2, 0.25) is 9.88 Å². The van der Waals surface area contributed by atoms with E-state index in [0.29, 0.717) is 12.8 Å². The van der Waals surface area contributed by atoms with Gasteiger partial charge in [0.1, 0.15) is 0 Å². The first kappa shape index (κ1) is 30.7. The Morgan fingerprint density at radius 3 is 1.03 bits per heavy atom. The molecule has 0 aliphatic heterocycles. The van der Waals surface area contributed by atoms with Gasteiger partial charge in [0.2, 0.25) is 0 Å². The van der Waals surface area contributed by atoms with E-state index in [4.69, 9.17) is 6.15 Å². The van der Waals surface area contributed by atoms with E-state index in [1.807, 2.05) is 9.88 Å². The molecule has 0 heterocycles. The average Bonchev–Trinajstić information content (AvgIpc) is 2.70. The van der Waals surface area contributed by atoms with Crippen LogP contribution in [0.25, 0.3) is 0 Å². The summed E-state index contributed by atoms with van der Waals surface area (Å²) in [6.07, 6.45) is 23.0. The number of rotatable bonds is 22. The quantitative estimate of drug-likeness (QED) is 0.101. The summed E-state index contributed by atoms with van der Waals surface area (Å²) >= 11 is -3.51. The van der Waals surface area contributed by atoms with Crippen molar-refractivity contribution in [3.8, 4) is 0 Å². The smallest absolute Gasteiger partial charge is 0.0654 e. The van der Waals surface area contributed by atoms with E-state index in [9.17, 15) is 9.59 Å². The molecule has 4 nitrogen and oxygen atoms in total. The van der Waals surface area contributed by atoms with E-state index in [1.54, 1.807) is 0 Å². The van der Waals surface area contributed by atoms with Gasteiger partial charge in [0, 0.05) is 0 Å². The summed E-state index contributed by atoms with van der Waals surface area (Å²) in [6.45, 7) is 4.48.